The van der Waals surface area contributed by atoms with Crippen molar-refractivity contribution in [2.75, 3.05) is 12.4 Å². The van der Waals surface area contributed by atoms with Crippen molar-refractivity contribution >= 4 is 17.5 Å². The molecule has 2 aromatic carbocycles. The summed E-state index contributed by atoms with van der Waals surface area (Å²) in [5, 5.41) is 13.6. The Morgan fingerprint density at radius 3 is 2.39 bits per heavy atom. The van der Waals surface area contributed by atoms with Gasteiger partial charge in [0.05, 0.1) is 6.10 Å². The van der Waals surface area contributed by atoms with Crippen LogP contribution in [-0.4, -0.2) is 24.0 Å². The van der Waals surface area contributed by atoms with E-state index >= 15 is 0 Å². The Morgan fingerprint density at radius 1 is 1.21 bits per heavy atom. The van der Waals surface area contributed by atoms with Crippen LogP contribution in [0.1, 0.15) is 62.5 Å². The van der Waals surface area contributed by atoms with Crippen LogP contribution in [0.3, 0.4) is 0 Å². The molecule has 0 unspecified atom stereocenters. The molecule has 28 heavy (non-hydrogen) atoms. The number of ether oxygens (including phenoxy) is 1. The second-order valence-electron chi connectivity index (χ2n) is 7.84. The van der Waals surface area contributed by atoms with E-state index in [0.717, 1.165) is 23.2 Å². The fourth-order valence-electron chi connectivity index (χ4n) is 2.87. The van der Waals surface area contributed by atoms with Gasteiger partial charge in [-0.3, -0.25) is 4.79 Å². The second-order valence-corrected chi connectivity index (χ2v) is 7.84. The number of phenolic OH excluding ortho intramolecular Hbond substituents is 1. The lowest BCUT2D eigenvalue weighted by Gasteiger charge is -2.26. The molecular formula is C24H31NO3. The third-order valence-corrected chi connectivity index (χ3v) is 4.98. The molecule has 0 heterocycles. The molecule has 0 fully saturated rings. The molecule has 0 atom stereocenters. The fraction of sp³-hybridized carbons (Fsp3) is 0.375. The van der Waals surface area contributed by atoms with Crippen molar-refractivity contribution < 1.29 is 14.6 Å². The second kappa shape index (κ2) is 8.96. The van der Waals surface area contributed by atoms with E-state index < -0.39 is 0 Å². The summed E-state index contributed by atoms with van der Waals surface area (Å²) in [5.41, 5.74) is 3.02. The van der Waals surface area contributed by atoms with Gasteiger partial charge in [0.2, 0.25) is 0 Å². The van der Waals surface area contributed by atoms with Gasteiger partial charge < -0.3 is 15.2 Å². The highest BCUT2D eigenvalue weighted by molar-refractivity contribution is 6.07. The van der Waals surface area contributed by atoms with Crippen molar-refractivity contribution in [1.82, 2.24) is 0 Å². The highest BCUT2D eigenvalue weighted by Gasteiger charge is 2.23. The van der Waals surface area contributed by atoms with Gasteiger partial charge in [0.25, 0.3) is 0 Å². The summed E-state index contributed by atoms with van der Waals surface area (Å²) in [4.78, 5) is 12.6. The van der Waals surface area contributed by atoms with E-state index in [-0.39, 0.29) is 23.1 Å². The van der Waals surface area contributed by atoms with Crippen LogP contribution >= 0.6 is 0 Å². The molecule has 4 heteroatoms. The van der Waals surface area contributed by atoms with Crippen LogP contribution in [0.5, 0.6) is 11.5 Å². The molecule has 0 spiro atoms. The van der Waals surface area contributed by atoms with Crippen LogP contribution in [-0.2, 0) is 5.41 Å². The standard InChI is InChI=1S/C24H31NO3/c1-7-24(4,5)20-14-18(23(15-22(20)27)28-16(2)3)10-13-21(26)17-8-11-19(25-6)12-9-17/h8-16,25,27H,7H2,1-6H3/b13-10+. The smallest absolute Gasteiger partial charge is 0.185 e. The predicted octanol–water partition coefficient (Wildman–Crippen LogP) is 5.80. The zero-order chi connectivity index (χ0) is 20.9. The number of allylic oxidation sites excluding steroid dienone is 1. The first-order valence-electron chi connectivity index (χ1n) is 9.72. The molecule has 2 rings (SSSR count). The zero-order valence-corrected chi connectivity index (χ0v) is 17.7. The van der Waals surface area contributed by atoms with Crippen LogP contribution in [0.15, 0.2) is 42.5 Å². The Labute approximate surface area is 168 Å². The number of carbonyl (C=O) groups excluding carboxylic acids is 1. The van der Waals surface area contributed by atoms with Gasteiger partial charge in [-0.15, -0.1) is 0 Å². The van der Waals surface area contributed by atoms with E-state index in [9.17, 15) is 9.90 Å². The van der Waals surface area contributed by atoms with Crippen molar-refractivity contribution in [2.45, 2.75) is 52.6 Å². The summed E-state index contributed by atoms with van der Waals surface area (Å²) in [6.07, 6.45) is 4.16. The summed E-state index contributed by atoms with van der Waals surface area (Å²) in [7, 11) is 1.84. The largest absolute Gasteiger partial charge is 0.508 e. The van der Waals surface area contributed by atoms with Crippen molar-refractivity contribution in [3.63, 3.8) is 0 Å². The fourth-order valence-corrected chi connectivity index (χ4v) is 2.87. The quantitative estimate of drug-likeness (QED) is 0.448. The molecule has 0 saturated heterocycles. The monoisotopic (exact) mass is 381 g/mol. The molecule has 150 valence electrons. The third-order valence-electron chi connectivity index (χ3n) is 4.98. The minimum atomic E-state index is -0.184. The molecule has 0 amide bonds. The number of phenols is 1. The number of anilines is 1. The molecule has 0 aliphatic heterocycles. The minimum Gasteiger partial charge on any atom is -0.508 e. The maximum atomic E-state index is 12.6. The Bertz CT molecular complexity index is 849. The average molecular weight is 382 g/mol. The highest BCUT2D eigenvalue weighted by atomic mass is 16.5. The summed E-state index contributed by atoms with van der Waals surface area (Å²) in [6.45, 7) is 10.1. The maximum absolute atomic E-state index is 12.6. The van der Waals surface area contributed by atoms with Gasteiger partial charge in [-0.05, 0) is 68.2 Å². The van der Waals surface area contributed by atoms with Crippen LogP contribution in [0, 0.1) is 0 Å². The van der Waals surface area contributed by atoms with Gasteiger partial charge in [-0.1, -0.05) is 20.8 Å². The molecule has 4 nitrogen and oxygen atoms in total. The maximum Gasteiger partial charge on any atom is 0.185 e. The number of rotatable bonds is 8. The van der Waals surface area contributed by atoms with Crippen molar-refractivity contribution in [3.8, 4) is 11.5 Å². The van der Waals surface area contributed by atoms with E-state index in [1.165, 1.54) is 0 Å². The number of benzene rings is 2. The molecule has 0 saturated carbocycles. The van der Waals surface area contributed by atoms with Gasteiger partial charge in [0.1, 0.15) is 11.5 Å². The van der Waals surface area contributed by atoms with E-state index in [2.05, 4.69) is 26.1 Å². The average Bonchev–Trinajstić information content (AvgIpc) is 2.66. The molecular weight excluding hydrogens is 350 g/mol. The molecule has 2 aromatic rings. The number of aromatic hydroxyl groups is 1. The van der Waals surface area contributed by atoms with Crippen LogP contribution < -0.4 is 10.1 Å². The molecule has 0 radical (unpaired) electrons. The number of ketones is 1. The van der Waals surface area contributed by atoms with Gasteiger partial charge in [-0.2, -0.15) is 0 Å². The molecule has 0 aliphatic rings. The normalized spacial score (nSPS) is 11.8. The van der Waals surface area contributed by atoms with E-state index in [1.54, 1.807) is 30.4 Å². The number of nitrogens with one attached hydrogen (secondary N) is 1. The van der Waals surface area contributed by atoms with E-state index in [4.69, 9.17) is 4.74 Å². The first-order valence-corrected chi connectivity index (χ1v) is 9.72. The highest BCUT2D eigenvalue weighted by Crippen LogP contribution is 2.38. The predicted molar refractivity (Wildman–Crippen MR) is 117 cm³/mol. The first-order chi connectivity index (χ1) is 13.2. The Kier molecular flexibility index (Phi) is 6.90. The first kappa shape index (κ1) is 21.5. The van der Waals surface area contributed by atoms with Crippen molar-refractivity contribution in [2.24, 2.45) is 0 Å². The SMILES string of the molecule is CCC(C)(C)c1cc(/C=C/C(=O)c2ccc(NC)cc2)c(OC(C)C)cc1O. The molecule has 2 N–H and O–H groups in total. The van der Waals surface area contributed by atoms with Crippen molar-refractivity contribution in [1.29, 1.82) is 0 Å². The lowest BCUT2D eigenvalue weighted by molar-refractivity contribution is 0.104. The van der Waals surface area contributed by atoms with Crippen LogP contribution in [0.25, 0.3) is 6.08 Å². The molecule has 0 aliphatic carbocycles. The summed E-state index contributed by atoms with van der Waals surface area (Å²) >= 11 is 0. The van der Waals surface area contributed by atoms with Gasteiger partial charge in [0.15, 0.2) is 5.78 Å². The van der Waals surface area contributed by atoms with Crippen molar-refractivity contribution in [3.05, 3.63) is 59.2 Å². The van der Waals surface area contributed by atoms with E-state index in [1.807, 2.05) is 39.1 Å². The Morgan fingerprint density at radius 2 is 1.86 bits per heavy atom. The molecule has 0 bridgehead atoms. The lowest BCUT2D eigenvalue weighted by Crippen LogP contribution is -2.16. The van der Waals surface area contributed by atoms with Crippen LogP contribution in [0.2, 0.25) is 0 Å². The number of hydrogen-bond acceptors (Lipinski definition) is 4. The summed E-state index contributed by atoms with van der Waals surface area (Å²) < 4.78 is 5.86. The van der Waals surface area contributed by atoms with E-state index in [0.29, 0.717) is 11.3 Å². The zero-order valence-electron chi connectivity index (χ0n) is 17.7. The summed E-state index contributed by atoms with van der Waals surface area (Å²) in [6, 6.07) is 10.9. The topological polar surface area (TPSA) is 58.6 Å². The lowest BCUT2D eigenvalue weighted by atomic mass is 9.81. The molecule has 0 aromatic heterocycles. The van der Waals surface area contributed by atoms with Gasteiger partial charge in [0, 0.05) is 35.5 Å². The Hall–Kier alpha value is -2.75. The number of carbonyl (C=O) groups is 1. The van der Waals surface area contributed by atoms with Gasteiger partial charge in [-0.25, -0.2) is 0 Å². The number of hydrogen-bond donors (Lipinski definition) is 2. The summed E-state index contributed by atoms with van der Waals surface area (Å²) in [5.74, 6) is 0.703. The third kappa shape index (κ3) is 5.16. The van der Waals surface area contributed by atoms with Gasteiger partial charge >= 0.3 is 0 Å². The van der Waals surface area contributed by atoms with Crippen LogP contribution in [0.4, 0.5) is 5.69 Å². The minimum absolute atomic E-state index is 0.0404. The Balaban J connectivity index is 2.41.